The van der Waals surface area contributed by atoms with Crippen molar-refractivity contribution in [2.45, 2.75) is 57.7 Å². The lowest BCUT2D eigenvalue weighted by Gasteiger charge is -2.44. The maximum Gasteiger partial charge on any atom is 0.333 e. The highest BCUT2D eigenvalue weighted by atomic mass is 19.3. The zero-order valence-electron chi connectivity index (χ0n) is 13.7. The highest BCUT2D eigenvalue weighted by molar-refractivity contribution is 5.92. The van der Waals surface area contributed by atoms with Crippen molar-refractivity contribution in [3.05, 3.63) is 18.0 Å². The second-order valence-electron chi connectivity index (χ2n) is 6.44. The summed E-state index contributed by atoms with van der Waals surface area (Å²) < 4.78 is 25.8. The number of hydrogen-bond donors (Lipinski definition) is 0. The standard InChI is InChI=1S/C16H22F2N4O2/c1-11(23)20-8-3-2-5-14-13(20)6-4-9-21(14)15(24)12-7-10-22(19-12)16(17)18/h7,10,13-14,16H,2-6,8-9H2,1H3/t13-,14-/m1/s1. The van der Waals surface area contributed by atoms with Crippen molar-refractivity contribution < 1.29 is 18.4 Å². The summed E-state index contributed by atoms with van der Waals surface area (Å²) in [7, 11) is 0. The molecule has 132 valence electrons. The summed E-state index contributed by atoms with van der Waals surface area (Å²) in [5.74, 6) is -0.294. The molecule has 2 aliphatic heterocycles. The molecule has 0 unspecified atom stereocenters. The summed E-state index contributed by atoms with van der Waals surface area (Å²) in [5.41, 5.74) is 0.0366. The average molecular weight is 340 g/mol. The van der Waals surface area contributed by atoms with Gasteiger partial charge in [0.1, 0.15) is 0 Å². The zero-order chi connectivity index (χ0) is 17.3. The first-order valence-corrected chi connectivity index (χ1v) is 8.40. The van der Waals surface area contributed by atoms with Crippen LogP contribution in [0.5, 0.6) is 0 Å². The second kappa shape index (κ2) is 6.86. The van der Waals surface area contributed by atoms with Crippen LogP contribution in [0.15, 0.2) is 12.3 Å². The maximum absolute atomic E-state index is 12.8. The number of alkyl halides is 2. The molecular weight excluding hydrogens is 318 g/mol. The number of hydrogen-bond acceptors (Lipinski definition) is 3. The Morgan fingerprint density at radius 1 is 1.12 bits per heavy atom. The molecule has 8 heteroatoms. The summed E-state index contributed by atoms with van der Waals surface area (Å²) in [6.07, 6.45) is 5.49. The quantitative estimate of drug-likeness (QED) is 0.830. The van der Waals surface area contributed by atoms with Gasteiger partial charge in [0.15, 0.2) is 5.69 Å². The van der Waals surface area contributed by atoms with Crippen LogP contribution in [0, 0.1) is 0 Å². The minimum Gasteiger partial charge on any atom is -0.338 e. The number of nitrogens with zero attached hydrogens (tertiary/aromatic N) is 4. The molecule has 0 aromatic carbocycles. The van der Waals surface area contributed by atoms with Crippen LogP contribution in [0.3, 0.4) is 0 Å². The van der Waals surface area contributed by atoms with Gasteiger partial charge >= 0.3 is 6.55 Å². The van der Waals surface area contributed by atoms with Crippen molar-refractivity contribution >= 4 is 11.8 Å². The van der Waals surface area contributed by atoms with E-state index in [4.69, 9.17) is 0 Å². The molecule has 0 N–H and O–H groups in total. The Bertz CT molecular complexity index is 619. The maximum atomic E-state index is 12.8. The van der Waals surface area contributed by atoms with Gasteiger partial charge in [0.05, 0.1) is 12.1 Å². The number of carbonyl (C=O) groups excluding carboxylic acids is 2. The van der Waals surface area contributed by atoms with E-state index in [-0.39, 0.29) is 29.6 Å². The van der Waals surface area contributed by atoms with Gasteiger partial charge in [-0.05, 0) is 38.2 Å². The topological polar surface area (TPSA) is 58.4 Å². The fraction of sp³-hybridized carbons (Fsp3) is 0.688. The van der Waals surface area contributed by atoms with Crippen LogP contribution < -0.4 is 0 Å². The van der Waals surface area contributed by atoms with Crippen molar-refractivity contribution in [1.82, 2.24) is 19.6 Å². The highest BCUT2D eigenvalue weighted by Crippen LogP contribution is 2.30. The molecule has 2 fully saturated rings. The van der Waals surface area contributed by atoms with Gasteiger partial charge in [0.25, 0.3) is 5.91 Å². The minimum absolute atomic E-state index is 0.0138. The molecule has 0 radical (unpaired) electrons. The fourth-order valence-electron chi connectivity index (χ4n) is 3.90. The van der Waals surface area contributed by atoms with Gasteiger partial charge in [0.2, 0.25) is 5.91 Å². The average Bonchev–Trinajstić information content (AvgIpc) is 2.94. The predicted octanol–water partition coefficient (Wildman–Crippen LogP) is 2.28. The molecule has 24 heavy (non-hydrogen) atoms. The van der Waals surface area contributed by atoms with Crippen LogP contribution in [-0.4, -0.2) is 56.6 Å². The van der Waals surface area contributed by atoms with Gasteiger partial charge < -0.3 is 9.80 Å². The number of aromatic nitrogens is 2. The Labute approximate surface area is 139 Å². The van der Waals surface area contributed by atoms with Gasteiger partial charge in [0, 0.05) is 26.2 Å². The van der Waals surface area contributed by atoms with Crippen LogP contribution in [0.25, 0.3) is 0 Å². The Balaban J connectivity index is 1.83. The molecule has 3 rings (SSSR count). The molecule has 0 aliphatic carbocycles. The lowest BCUT2D eigenvalue weighted by atomic mass is 9.92. The first-order chi connectivity index (χ1) is 11.5. The highest BCUT2D eigenvalue weighted by Gasteiger charge is 2.40. The third-order valence-corrected chi connectivity index (χ3v) is 4.99. The van der Waals surface area contributed by atoms with E-state index < -0.39 is 6.55 Å². The molecule has 6 nitrogen and oxygen atoms in total. The SMILES string of the molecule is CC(=O)N1CCCC[C@@H]2[C@H]1CCCN2C(=O)c1ccn(C(F)F)n1. The van der Waals surface area contributed by atoms with Crippen LogP contribution in [0.2, 0.25) is 0 Å². The summed E-state index contributed by atoms with van der Waals surface area (Å²) in [4.78, 5) is 28.3. The number of rotatable bonds is 2. The van der Waals surface area contributed by atoms with Gasteiger partial charge in [-0.2, -0.15) is 13.9 Å². The van der Waals surface area contributed by atoms with Crippen molar-refractivity contribution in [3.63, 3.8) is 0 Å². The van der Waals surface area contributed by atoms with Gasteiger partial charge in [-0.15, -0.1) is 0 Å². The van der Waals surface area contributed by atoms with Crippen molar-refractivity contribution in [2.24, 2.45) is 0 Å². The van der Waals surface area contributed by atoms with Crippen molar-refractivity contribution in [1.29, 1.82) is 0 Å². The number of likely N-dealkylation sites (tertiary alicyclic amines) is 2. The molecular formula is C16H22F2N4O2. The molecule has 1 aromatic heterocycles. The summed E-state index contributed by atoms with van der Waals surface area (Å²) in [6, 6.07) is 1.28. The number of fused-ring (bicyclic) bond motifs is 1. The largest absolute Gasteiger partial charge is 0.338 e. The van der Waals surface area contributed by atoms with Gasteiger partial charge in [-0.3, -0.25) is 9.59 Å². The molecule has 2 aliphatic rings. The van der Waals surface area contributed by atoms with E-state index in [0.29, 0.717) is 11.2 Å². The molecule has 0 spiro atoms. The summed E-state index contributed by atoms with van der Waals surface area (Å²) >= 11 is 0. The molecule has 1 aromatic rings. The van der Waals surface area contributed by atoms with Crippen LogP contribution in [0.4, 0.5) is 8.78 Å². The lowest BCUT2D eigenvalue weighted by Crippen LogP contribution is -2.57. The lowest BCUT2D eigenvalue weighted by molar-refractivity contribution is -0.133. The fourth-order valence-corrected chi connectivity index (χ4v) is 3.90. The van der Waals surface area contributed by atoms with Gasteiger partial charge in [-0.1, -0.05) is 0 Å². The number of carbonyl (C=O) groups is 2. The van der Waals surface area contributed by atoms with E-state index in [1.54, 1.807) is 11.8 Å². The van der Waals surface area contributed by atoms with E-state index in [9.17, 15) is 18.4 Å². The summed E-state index contributed by atoms with van der Waals surface area (Å²) in [6.45, 7) is 0.103. The summed E-state index contributed by atoms with van der Waals surface area (Å²) in [5, 5.41) is 3.69. The van der Waals surface area contributed by atoms with Crippen LogP contribution in [-0.2, 0) is 4.79 Å². The smallest absolute Gasteiger partial charge is 0.333 e. The minimum atomic E-state index is -2.76. The van der Waals surface area contributed by atoms with Gasteiger partial charge in [-0.25, -0.2) is 4.68 Å². The third-order valence-electron chi connectivity index (χ3n) is 4.99. The number of halogens is 2. The van der Waals surface area contributed by atoms with Crippen molar-refractivity contribution in [2.75, 3.05) is 13.1 Å². The Morgan fingerprint density at radius 2 is 1.79 bits per heavy atom. The second-order valence-corrected chi connectivity index (χ2v) is 6.44. The normalized spacial score (nSPS) is 24.7. The Kier molecular flexibility index (Phi) is 4.82. The van der Waals surface area contributed by atoms with E-state index in [1.165, 1.54) is 6.07 Å². The predicted molar refractivity (Wildman–Crippen MR) is 82.6 cm³/mol. The third kappa shape index (κ3) is 3.14. The zero-order valence-corrected chi connectivity index (χ0v) is 13.7. The Hall–Kier alpha value is -1.99. The molecule has 2 amide bonds. The molecule has 2 saturated heterocycles. The Morgan fingerprint density at radius 3 is 2.46 bits per heavy atom. The van der Waals surface area contributed by atoms with E-state index >= 15 is 0 Å². The molecule has 0 bridgehead atoms. The van der Waals surface area contributed by atoms with E-state index in [1.807, 2.05) is 4.90 Å². The molecule has 2 atom stereocenters. The number of piperidine rings is 1. The van der Waals surface area contributed by atoms with Crippen LogP contribution in [0.1, 0.15) is 56.1 Å². The van der Waals surface area contributed by atoms with Crippen molar-refractivity contribution in [3.8, 4) is 0 Å². The first-order valence-electron chi connectivity index (χ1n) is 8.40. The van der Waals surface area contributed by atoms with Crippen LogP contribution >= 0.6 is 0 Å². The first kappa shape index (κ1) is 16.9. The monoisotopic (exact) mass is 340 g/mol. The van der Waals surface area contributed by atoms with E-state index in [2.05, 4.69) is 5.10 Å². The van der Waals surface area contributed by atoms with E-state index in [0.717, 1.165) is 44.8 Å². The molecule has 3 heterocycles. The number of amides is 2. The molecule has 0 saturated carbocycles.